The second kappa shape index (κ2) is 11.2. The minimum atomic E-state index is -0.608. The lowest BCUT2D eigenvalue weighted by Crippen LogP contribution is -2.50. The van der Waals surface area contributed by atoms with Gasteiger partial charge in [-0.15, -0.1) is 0 Å². The summed E-state index contributed by atoms with van der Waals surface area (Å²) >= 11 is 12.5. The topological polar surface area (TPSA) is 58.6 Å². The maximum Gasteiger partial charge on any atom is 0.243 e. The summed E-state index contributed by atoms with van der Waals surface area (Å²) in [5.74, 6) is 0.329. The number of nitrogens with zero attached hydrogens (tertiary/aromatic N) is 1. The summed E-state index contributed by atoms with van der Waals surface area (Å²) in [6.07, 6.45) is 0.497. The monoisotopic (exact) mass is 450 g/mol. The van der Waals surface area contributed by atoms with Crippen molar-refractivity contribution in [2.45, 2.75) is 52.2 Å². The summed E-state index contributed by atoms with van der Waals surface area (Å²) < 4.78 is 5.20. The van der Waals surface area contributed by atoms with Crippen LogP contribution in [-0.2, 0) is 22.6 Å². The molecule has 0 aliphatic carbocycles. The lowest BCUT2D eigenvalue weighted by atomic mass is 10.1. The molecule has 0 saturated carbocycles. The molecule has 0 aromatic heterocycles. The number of carbonyl (C=O) groups is 2. The average molecular weight is 451 g/mol. The third-order valence-electron chi connectivity index (χ3n) is 4.72. The second-order valence-electron chi connectivity index (χ2n) is 7.33. The highest BCUT2D eigenvalue weighted by atomic mass is 35.5. The first-order valence-electron chi connectivity index (χ1n) is 9.92. The Morgan fingerprint density at radius 1 is 1.07 bits per heavy atom. The van der Waals surface area contributed by atoms with E-state index in [1.165, 1.54) is 0 Å². The Labute approximate surface area is 188 Å². The van der Waals surface area contributed by atoms with E-state index in [0.717, 1.165) is 11.3 Å². The quantitative estimate of drug-likeness (QED) is 0.592. The van der Waals surface area contributed by atoms with Gasteiger partial charge in [0.05, 0.1) is 13.5 Å². The zero-order valence-electron chi connectivity index (χ0n) is 17.7. The molecular formula is C23H28Cl2N2O3. The van der Waals surface area contributed by atoms with E-state index in [2.05, 4.69) is 5.32 Å². The van der Waals surface area contributed by atoms with Gasteiger partial charge < -0.3 is 15.0 Å². The Hall–Kier alpha value is -2.24. The number of hydrogen-bond donors (Lipinski definition) is 1. The van der Waals surface area contributed by atoms with Crippen LogP contribution >= 0.6 is 23.2 Å². The van der Waals surface area contributed by atoms with Crippen LogP contribution in [0.4, 0.5) is 0 Å². The molecule has 0 radical (unpaired) electrons. The van der Waals surface area contributed by atoms with Crippen LogP contribution in [0.1, 0.15) is 38.3 Å². The van der Waals surface area contributed by atoms with E-state index < -0.39 is 6.04 Å². The molecular weight excluding hydrogens is 423 g/mol. The van der Waals surface area contributed by atoms with Crippen LogP contribution in [0.2, 0.25) is 10.0 Å². The maximum absolute atomic E-state index is 13.3. The predicted octanol–water partition coefficient (Wildman–Crippen LogP) is 4.88. The molecule has 0 spiro atoms. The van der Waals surface area contributed by atoms with Gasteiger partial charge in [0.1, 0.15) is 11.8 Å². The Morgan fingerprint density at radius 2 is 1.67 bits per heavy atom. The molecule has 30 heavy (non-hydrogen) atoms. The van der Waals surface area contributed by atoms with E-state index in [1.54, 1.807) is 30.2 Å². The summed E-state index contributed by atoms with van der Waals surface area (Å²) in [5.41, 5.74) is 1.45. The van der Waals surface area contributed by atoms with E-state index in [-0.39, 0.29) is 30.8 Å². The molecule has 2 rings (SSSR count). The van der Waals surface area contributed by atoms with Crippen LogP contribution in [0.15, 0.2) is 42.5 Å². The Kier molecular flexibility index (Phi) is 9.00. The van der Waals surface area contributed by atoms with Crippen LogP contribution in [0.25, 0.3) is 0 Å². The van der Waals surface area contributed by atoms with Crippen LogP contribution in [0.3, 0.4) is 0 Å². The van der Waals surface area contributed by atoms with E-state index in [0.29, 0.717) is 22.0 Å². The summed E-state index contributed by atoms with van der Waals surface area (Å²) in [6.45, 7) is 5.96. The molecule has 0 aliphatic rings. The largest absolute Gasteiger partial charge is 0.497 e. The summed E-state index contributed by atoms with van der Waals surface area (Å²) in [5, 5.41) is 3.78. The van der Waals surface area contributed by atoms with Crippen molar-refractivity contribution in [1.82, 2.24) is 10.2 Å². The van der Waals surface area contributed by atoms with Gasteiger partial charge in [-0.25, -0.2) is 0 Å². The smallest absolute Gasteiger partial charge is 0.243 e. The normalized spacial score (nSPS) is 11.8. The van der Waals surface area contributed by atoms with Crippen LogP contribution in [0, 0.1) is 0 Å². The minimum Gasteiger partial charge on any atom is -0.497 e. The number of rotatable bonds is 9. The number of nitrogens with one attached hydrogen (secondary N) is 1. The molecule has 0 aliphatic heterocycles. The molecule has 7 heteroatoms. The minimum absolute atomic E-state index is 0.0140. The molecule has 0 heterocycles. The number of carbonyl (C=O) groups excluding carboxylic acids is 2. The van der Waals surface area contributed by atoms with Crippen LogP contribution in [-0.4, -0.2) is 35.9 Å². The molecule has 0 saturated heterocycles. The molecule has 2 aromatic rings. The van der Waals surface area contributed by atoms with Gasteiger partial charge in [0.2, 0.25) is 11.8 Å². The number of hydrogen-bond acceptors (Lipinski definition) is 3. The molecule has 2 aromatic carbocycles. The van der Waals surface area contributed by atoms with Gasteiger partial charge in [-0.1, -0.05) is 48.3 Å². The van der Waals surface area contributed by atoms with Gasteiger partial charge in [0, 0.05) is 22.6 Å². The van der Waals surface area contributed by atoms with Gasteiger partial charge in [-0.3, -0.25) is 9.59 Å². The molecule has 1 atom stereocenters. The van der Waals surface area contributed by atoms with Gasteiger partial charge in [0.15, 0.2) is 0 Å². The molecule has 0 bridgehead atoms. The van der Waals surface area contributed by atoms with Crippen molar-refractivity contribution in [1.29, 1.82) is 0 Å². The molecule has 162 valence electrons. The molecule has 0 fully saturated rings. The SMILES string of the molecule is CCC(C(=O)NC(C)C)N(Cc1ccc(OC)cc1)C(=O)Cc1c(Cl)cccc1Cl. The highest BCUT2D eigenvalue weighted by Crippen LogP contribution is 2.26. The molecule has 1 N–H and O–H groups in total. The third kappa shape index (κ3) is 6.38. The molecule has 2 amide bonds. The first kappa shape index (κ1) is 24.0. The number of halogens is 2. The third-order valence-corrected chi connectivity index (χ3v) is 5.43. The zero-order chi connectivity index (χ0) is 22.3. The van der Waals surface area contributed by atoms with E-state index in [4.69, 9.17) is 27.9 Å². The maximum atomic E-state index is 13.3. The summed E-state index contributed by atoms with van der Waals surface area (Å²) in [4.78, 5) is 27.8. The predicted molar refractivity (Wildman–Crippen MR) is 121 cm³/mol. The summed E-state index contributed by atoms with van der Waals surface area (Å²) in [7, 11) is 1.60. The highest BCUT2D eigenvalue weighted by Gasteiger charge is 2.29. The number of benzene rings is 2. The fourth-order valence-corrected chi connectivity index (χ4v) is 3.71. The Balaban J connectivity index is 2.34. The fraction of sp³-hybridized carbons (Fsp3) is 0.391. The zero-order valence-corrected chi connectivity index (χ0v) is 19.3. The van der Waals surface area contributed by atoms with Crippen LogP contribution < -0.4 is 10.1 Å². The van der Waals surface area contributed by atoms with E-state index in [1.807, 2.05) is 45.0 Å². The van der Waals surface area contributed by atoms with Crippen molar-refractivity contribution in [3.05, 3.63) is 63.6 Å². The Morgan fingerprint density at radius 3 is 2.17 bits per heavy atom. The van der Waals surface area contributed by atoms with Crippen molar-refractivity contribution in [3.8, 4) is 5.75 Å². The van der Waals surface area contributed by atoms with Crippen LogP contribution in [0.5, 0.6) is 5.75 Å². The van der Waals surface area contributed by atoms with Gasteiger partial charge >= 0.3 is 0 Å². The standard InChI is InChI=1S/C23H28Cl2N2O3/c1-5-21(23(29)26-15(2)3)27(14-16-9-11-17(30-4)12-10-16)22(28)13-18-19(24)7-6-8-20(18)25/h6-12,15,21H,5,13-14H2,1-4H3,(H,26,29). The van der Waals surface area contributed by atoms with Crippen molar-refractivity contribution in [2.75, 3.05) is 7.11 Å². The van der Waals surface area contributed by atoms with E-state index in [9.17, 15) is 9.59 Å². The number of methoxy groups -OCH3 is 1. The van der Waals surface area contributed by atoms with Gasteiger partial charge in [0.25, 0.3) is 0 Å². The van der Waals surface area contributed by atoms with Gasteiger partial charge in [-0.05, 0) is 55.7 Å². The fourth-order valence-electron chi connectivity index (χ4n) is 3.18. The Bertz CT molecular complexity index is 849. The lowest BCUT2D eigenvalue weighted by Gasteiger charge is -2.31. The van der Waals surface area contributed by atoms with Crippen molar-refractivity contribution >= 4 is 35.0 Å². The van der Waals surface area contributed by atoms with Gasteiger partial charge in [-0.2, -0.15) is 0 Å². The molecule has 5 nitrogen and oxygen atoms in total. The van der Waals surface area contributed by atoms with Crippen molar-refractivity contribution in [2.24, 2.45) is 0 Å². The highest BCUT2D eigenvalue weighted by molar-refractivity contribution is 6.36. The first-order chi connectivity index (χ1) is 14.3. The second-order valence-corrected chi connectivity index (χ2v) is 8.15. The first-order valence-corrected chi connectivity index (χ1v) is 10.7. The van der Waals surface area contributed by atoms with Crippen molar-refractivity contribution < 1.29 is 14.3 Å². The average Bonchev–Trinajstić information content (AvgIpc) is 2.70. The van der Waals surface area contributed by atoms with E-state index >= 15 is 0 Å². The lowest BCUT2D eigenvalue weighted by molar-refractivity contribution is -0.141. The number of ether oxygens (including phenoxy) is 1. The van der Waals surface area contributed by atoms with Crippen molar-refractivity contribution in [3.63, 3.8) is 0 Å². The number of amides is 2. The summed E-state index contributed by atoms with van der Waals surface area (Å²) in [6, 6.07) is 11.9. The molecule has 1 unspecified atom stereocenters.